The summed E-state index contributed by atoms with van der Waals surface area (Å²) in [5.41, 5.74) is 0.287. The highest BCUT2D eigenvalue weighted by Crippen LogP contribution is 2.30. The quantitative estimate of drug-likeness (QED) is 0.742. The van der Waals surface area contributed by atoms with Crippen molar-refractivity contribution in [3.8, 4) is 11.5 Å². The van der Waals surface area contributed by atoms with Crippen LogP contribution < -0.4 is 0 Å². The van der Waals surface area contributed by atoms with Crippen LogP contribution in [0.25, 0.3) is 0 Å². The lowest BCUT2D eigenvalue weighted by Crippen LogP contribution is -2.32. The molecule has 1 aliphatic carbocycles. The fourth-order valence-corrected chi connectivity index (χ4v) is 2.26. The molecule has 0 saturated heterocycles. The summed E-state index contributed by atoms with van der Waals surface area (Å²) in [7, 11) is 0. The van der Waals surface area contributed by atoms with Crippen LogP contribution in [0.1, 0.15) is 36.5 Å². The summed E-state index contributed by atoms with van der Waals surface area (Å²) in [6, 6.07) is 4.12. The fraction of sp³-hybridized carbons (Fsp3) is 0.533. The maximum atomic E-state index is 12.2. The molecule has 1 aromatic carbocycles. The van der Waals surface area contributed by atoms with Gasteiger partial charge >= 0.3 is 0 Å². The molecule has 4 heteroatoms. The molecule has 2 rings (SSSR count). The molecule has 2 N–H and O–H groups in total. The molecule has 1 aliphatic rings. The fourth-order valence-electron chi connectivity index (χ4n) is 2.26. The maximum absolute atomic E-state index is 12.2. The average molecular weight is 263 g/mol. The lowest BCUT2D eigenvalue weighted by atomic mass is 10.1. The number of aromatic hydroxyl groups is 2. The third-order valence-corrected chi connectivity index (χ3v) is 3.40. The van der Waals surface area contributed by atoms with Crippen LogP contribution in [0.5, 0.6) is 11.5 Å². The molecule has 1 fully saturated rings. The van der Waals surface area contributed by atoms with E-state index in [1.165, 1.54) is 31.0 Å². The lowest BCUT2D eigenvalue weighted by Gasteiger charge is -2.20. The van der Waals surface area contributed by atoms with E-state index in [1.54, 1.807) is 0 Å². The third-order valence-electron chi connectivity index (χ3n) is 3.40. The highest BCUT2D eigenvalue weighted by atomic mass is 16.3. The number of rotatable bonds is 7. The van der Waals surface area contributed by atoms with Gasteiger partial charge < -0.3 is 10.2 Å². The monoisotopic (exact) mass is 263 g/mol. The summed E-state index contributed by atoms with van der Waals surface area (Å²) in [4.78, 5) is 14.3. The standard InChI is InChI=1S/C15H21NO3/c1-2-7-16(9-11-3-4-11)10-15(19)13-6-5-12(17)8-14(13)18/h5-6,8,11,17-18H,2-4,7,9-10H2,1H3. The molecule has 19 heavy (non-hydrogen) atoms. The summed E-state index contributed by atoms with van der Waals surface area (Å²) in [5.74, 6) is 0.477. The zero-order valence-corrected chi connectivity index (χ0v) is 11.3. The van der Waals surface area contributed by atoms with Gasteiger partial charge in [0.2, 0.25) is 0 Å². The van der Waals surface area contributed by atoms with Gasteiger partial charge in [-0.1, -0.05) is 6.92 Å². The van der Waals surface area contributed by atoms with E-state index in [2.05, 4.69) is 11.8 Å². The van der Waals surface area contributed by atoms with Gasteiger partial charge in [-0.2, -0.15) is 0 Å². The normalized spacial score (nSPS) is 14.8. The van der Waals surface area contributed by atoms with E-state index in [0.717, 1.165) is 25.4 Å². The van der Waals surface area contributed by atoms with Gasteiger partial charge in [0.05, 0.1) is 12.1 Å². The van der Waals surface area contributed by atoms with E-state index in [9.17, 15) is 15.0 Å². The van der Waals surface area contributed by atoms with Gasteiger partial charge in [-0.15, -0.1) is 0 Å². The molecule has 1 saturated carbocycles. The first-order valence-electron chi connectivity index (χ1n) is 6.87. The predicted molar refractivity (Wildman–Crippen MR) is 73.6 cm³/mol. The molecule has 0 amide bonds. The number of ketones is 1. The summed E-state index contributed by atoms with van der Waals surface area (Å²) in [5, 5.41) is 18.9. The van der Waals surface area contributed by atoms with Crippen LogP contribution >= 0.6 is 0 Å². The Hall–Kier alpha value is -1.55. The van der Waals surface area contributed by atoms with Gasteiger partial charge in [0.15, 0.2) is 5.78 Å². The van der Waals surface area contributed by atoms with E-state index < -0.39 is 0 Å². The van der Waals surface area contributed by atoms with Crippen molar-refractivity contribution in [3.63, 3.8) is 0 Å². The smallest absolute Gasteiger partial charge is 0.180 e. The number of hydrogen-bond acceptors (Lipinski definition) is 4. The first-order chi connectivity index (χ1) is 9.10. The molecule has 104 valence electrons. The number of Topliss-reactive ketones (excluding diaryl/α,β-unsaturated/α-hetero) is 1. The highest BCUT2D eigenvalue weighted by Gasteiger charge is 2.25. The molecule has 0 aromatic heterocycles. The van der Waals surface area contributed by atoms with E-state index in [1.807, 2.05) is 0 Å². The predicted octanol–water partition coefficient (Wildman–Crippen LogP) is 2.40. The lowest BCUT2D eigenvalue weighted by molar-refractivity contribution is 0.0924. The van der Waals surface area contributed by atoms with Crippen molar-refractivity contribution in [1.82, 2.24) is 4.90 Å². The Kier molecular flexibility index (Phi) is 4.43. The second-order valence-electron chi connectivity index (χ2n) is 5.30. The first-order valence-corrected chi connectivity index (χ1v) is 6.87. The van der Waals surface area contributed by atoms with Gasteiger partial charge in [0.1, 0.15) is 11.5 Å². The van der Waals surface area contributed by atoms with Gasteiger partial charge in [-0.25, -0.2) is 0 Å². The minimum atomic E-state index is -0.145. The maximum Gasteiger partial charge on any atom is 0.180 e. The Morgan fingerprint density at radius 3 is 2.68 bits per heavy atom. The van der Waals surface area contributed by atoms with E-state index in [0.29, 0.717) is 6.54 Å². The molecular formula is C15H21NO3. The summed E-state index contributed by atoms with van der Waals surface area (Å²) < 4.78 is 0. The number of nitrogens with zero attached hydrogens (tertiary/aromatic N) is 1. The summed E-state index contributed by atoms with van der Waals surface area (Å²) in [6.07, 6.45) is 3.54. The molecule has 0 spiro atoms. The SMILES string of the molecule is CCCN(CC(=O)c1ccc(O)cc1O)CC1CC1. The molecule has 0 radical (unpaired) electrons. The topological polar surface area (TPSA) is 60.8 Å². The second-order valence-corrected chi connectivity index (χ2v) is 5.30. The molecule has 1 aromatic rings. The summed E-state index contributed by atoms with van der Waals surface area (Å²) >= 11 is 0. The van der Waals surface area contributed by atoms with Crippen molar-refractivity contribution in [2.45, 2.75) is 26.2 Å². The Morgan fingerprint density at radius 1 is 1.37 bits per heavy atom. The van der Waals surface area contributed by atoms with Gasteiger partial charge in [0, 0.05) is 12.6 Å². The van der Waals surface area contributed by atoms with Crippen molar-refractivity contribution < 1.29 is 15.0 Å². The zero-order valence-electron chi connectivity index (χ0n) is 11.3. The van der Waals surface area contributed by atoms with Crippen LogP contribution in [0.15, 0.2) is 18.2 Å². The van der Waals surface area contributed by atoms with Crippen LogP contribution in [0.3, 0.4) is 0 Å². The van der Waals surface area contributed by atoms with Gasteiger partial charge in [-0.3, -0.25) is 9.69 Å². The number of phenols is 2. The number of carbonyl (C=O) groups excluding carboxylic acids is 1. The van der Waals surface area contributed by atoms with Gasteiger partial charge in [-0.05, 0) is 43.9 Å². The zero-order chi connectivity index (χ0) is 13.8. The van der Waals surface area contributed by atoms with Crippen molar-refractivity contribution in [1.29, 1.82) is 0 Å². The van der Waals surface area contributed by atoms with Crippen LogP contribution in [0.2, 0.25) is 0 Å². The Balaban J connectivity index is 2.00. The number of carbonyl (C=O) groups is 1. The minimum Gasteiger partial charge on any atom is -0.508 e. The first kappa shape index (κ1) is 13.9. The summed E-state index contributed by atoms with van der Waals surface area (Å²) in [6.45, 7) is 4.31. The number of benzene rings is 1. The van der Waals surface area contributed by atoms with E-state index in [4.69, 9.17) is 0 Å². The van der Waals surface area contributed by atoms with Crippen LogP contribution in [0, 0.1) is 5.92 Å². The van der Waals surface area contributed by atoms with E-state index in [-0.39, 0.29) is 22.8 Å². The molecule has 0 unspecified atom stereocenters. The number of phenolic OH excluding ortho intramolecular Hbond substituents is 2. The highest BCUT2D eigenvalue weighted by molar-refractivity contribution is 6.00. The minimum absolute atomic E-state index is 0.0301. The Morgan fingerprint density at radius 2 is 2.11 bits per heavy atom. The third kappa shape index (κ3) is 3.96. The van der Waals surface area contributed by atoms with Crippen molar-refractivity contribution in [3.05, 3.63) is 23.8 Å². The van der Waals surface area contributed by atoms with Crippen LogP contribution in [-0.4, -0.2) is 40.5 Å². The average Bonchev–Trinajstić information content (AvgIpc) is 3.12. The van der Waals surface area contributed by atoms with Crippen LogP contribution in [0.4, 0.5) is 0 Å². The molecule has 0 bridgehead atoms. The second kappa shape index (κ2) is 6.06. The van der Waals surface area contributed by atoms with E-state index >= 15 is 0 Å². The van der Waals surface area contributed by atoms with Crippen molar-refractivity contribution in [2.75, 3.05) is 19.6 Å². The Labute approximate surface area is 113 Å². The number of hydrogen-bond donors (Lipinski definition) is 2. The van der Waals surface area contributed by atoms with Crippen molar-refractivity contribution in [2.24, 2.45) is 5.92 Å². The molecule has 0 aliphatic heterocycles. The largest absolute Gasteiger partial charge is 0.508 e. The Bertz CT molecular complexity index is 455. The van der Waals surface area contributed by atoms with Crippen molar-refractivity contribution >= 4 is 5.78 Å². The molecule has 0 atom stereocenters. The van der Waals surface area contributed by atoms with Crippen LogP contribution in [-0.2, 0) is 0 Å². The molecule has 4 nitrogen and oxygen atoms in total. The molecule has 0 heterocycles. The van der Waals surface area contributed by atoms with Gasteiger partial charge in [0.25, 0.3) is 0 Å². The molecular weight excluding hydrogens is 242 g/mol.